The summed E-state index contributed by atoms with van der Waals surface area (Å²) in [6.07, 6.45) is 18.2. The predicted molar refractivity (Wildman–Crippen MR) is 432 cm³/mol. The molecule has 20 nitrogen and oxygen atoms in total. The van der Waals surface area contributed by atoms with Crippen LogP contribution in [0.1, 0.15) is 68.6 Å². The first-order chi connectivity index (χ1) is 53.3. The van der Waals surface area contributed by atoms with E-state index in [2.05, 4.69) is 188 Å². The van der Waals surface area contributed by atoms with Gasteiger partial charge < -0.3 is 40.9 Å². The van der Waals surface area contributed by atoms with Crippen molar-refractivity contribution in [2.45, 2.75) is 74.9 Å². The van der Waals surface area contributed by atoms with Crippen molar-refractivity contribution < 1.29 is 17.7 Å². The summed E-state index contributed by atoms with van der Waals surface area (Å²) in [6, 6.07) is 69.8. The van der Waals surface area contributed by atoms with E-state index in [0.717, 1.165) is 170 Å². The Balaban J connectivity index is 0.000000116. The minimum Gasteiger partial charge on any atom is -0.396 e. The molecule has 542 valence electrons. The van der Waals surface area contributed by atoms with Gasteiger partial charge in [0.05, 0.1) is 61.3 Å². The summed E-state index contributed by atoms with van der Waals surface area (Å²) in [5, 5.41) is 15.3. The van der Waals surface area contributed by atoms with E-state index < -0.39 is 10.1 Å². The van der Waals surface area contributed by atoms with Gasteiger partial charge in [-0.05, 0) is 148 Å². The molecule has 4 aliphatic rings. The van der Waals surface area contributed by atoms with Gasteiger partial charge in [-0.2, -0.15) is 8.42 Å². The van der Waals surface area contributed by atoms with Crippen LogP contribution in [0.3, 0.4) is 0 Å². The lowest BCUT2D eigenvalue weighted by atomic mass is 9.79. The molecule has 3 aliphatic carbocycles. The van der Waals surface area contributed by atoms with Crippen LogP contribution in [0.25, 0.3) is 133 Å². The average Bonchev–Trinajstić information content (AvgIpc) is 1.61. The van der Waals surface area contributed by atoms with Crippen LogP contribution in [0.4, 0.5) is 17.5 Å². The van der Waals surface area contributed by atoms with Crippen molar-refractivity contribution in [3.05, 3.63) is 249 Å². The number of nitrogens with zero attached hydrogens (tertiary/aromatic N) is 13. The van der Waals surface area contributed by atoms with Gasteiger partial charge in [-0.1, -0.05) is 163 Å². The summed E-state index contributed by atoms with van der Waals surface area (Å²) in [6.45, 7) is 6.07. The maximum atomic E-state index is 12.6. The summed E-state index contributed by atoms with van der Waals surface area (Å²) < 4.78 is 37.4. The smallest absolute Gasteiger partial charge is 0.296 e. The van der Waals surface area contributed by atoms with Crippen LogP contribution in [0, 0.1) is 24.7 Å². The largest absolute Gasteiger partial charge is 0.396 e. The van der Waals surface area contributed by atoms with Gasteiger partial charge >= 0.3 is 0 Å². The number of hydrogen-bond donors (Lipinski definition) is 4. The second-order valence-corrected chi connectivity index (χ2v) is 31.1. The molecular weight excluding hydrogens is 1380 g/mol. The van der Waals surface area contributed by atoms with Crippen molar-refractivity contribution in [1.82, 2.24) is 63.5 Å². The number of rotatable bonds is 16. The summed E-state index contributed by atoms with van der Waals surface area (Å²) in [7, 11) is -3.79. The Morgan fingerprint density at radius 2 is 0.780 bits per heavy atom. The number of aryl methyl sites for hydroxylation is 1. The number of fused-ring (bicyclic) bond motifs is 6. The molecule has 7 aromatic carbocycles. The summed E-state index contributed by atoms with van der Waals surface area (Å²) in [5.74, 6) is 2.70. The van der Waals surface area contributed by atoms with E-state index in [1.165, 1.54) is 51.6 Å². The molecule has 0 atom stereocenters. The molecule has 3 saturated carbocycles. The Bertz CT molecular complexity index is 6190. The maximum absolute atomic E-state index is 12.6. The number of aliphatic hydroxyl groups is 1. The molecule has 4 fully saturated rings. The third-order valence-corrected chi connectivity index (χ3v) is 23.7. The number of hydrogen-bond acceptors (Lipinski definition) is 17. The Morgan fingerprint density at radius 1 is 0.422 bits per heavy atom. The first-order valence-corrected chi connectivity index (χ1v) is 38.7. The Morgan fingerprint density at radius 3 is 1.14 bits per heavy atom. The van der Waals surface area contributed by atoms with Crippen molar-refractivity contribution in [3.63, 3.8) is 0 Å². The van der Waals surface area contributed by atoms with Crippen LogP contribution >= 0.6 is 0 Å². The van der Waals surface area contributed by atoms with Crippen molar-refractivity contribution >= 4 is 93.4 Å². The van der Waals surface area contributed by atoms with Crippen LogP contribution in [0.5, 0.6) is 0 Å². The monoisotopic (exact) mass is 1460 g/mol. The van der Waals surface area contributed by atoms with Gasteiger partial charge in [-0.25, -0.2) is 44.9 Å². The minimum absolute atomic E-state index is 0.122. The molecule has 21 heteroatoms. The first kappa shape index (κ1) is 68.7. The second-order valence-electron chi connectivity index (χ2n) is 29.5. The number of anilines is 3. The molecule has 16 aromatic rings. The van der Waals surface area contributed by atoms with Crippen LogP contribution in [-0.2, 0) is 14.3 Å². The van der Waals surface area contributed by atoms with E-state index in [1.807, 2.05) is 67.6 Å². The molecule has 0 amide bonds. The lowest BCUT2D eigenvalue weighted by Gasteiger charge is -2.42. The molecule has 20 rings (SSSR count). The summed E-state index contributed by atoms with van der Waals surface area (Å²) >= 11 is 0. The van der Waals surface area contributed by atoms with E-state index >= 15 is 0 Å². The number of benzene rings is 7. The lowest BCUT2D eigenvalue weighted by Crippen LogP contribution is -2.43. The van der Waals surface area contributed by atoms with Crippen LogP contribution in [0.2, 0.25) is 0 Å². The van der Waals surface area contributed by atoms with Gasteiger partial charge in [0.2, 0.25) is 0 Å². The van der Waals surface area contributed by atoms with Crippen LogP contribution in [-0.4, -0.2) is 110 Å². The zero-order valence-corrected chi connectivity index (χ0v) is 61.0. The Hall–Kier alpha value is -12.1. The molecule has 0 bridgehead atoms. The maximum Gasteiger partial charge on any atom is 0.296 e. The van der Waals surface area contributed by atoms with Gasteiger partial charge in [0.25, 0.3) is 10.1 Å². The number of aliphatic hydroxyl groups excluding tert-OH is 1. The molecule has 0 spiro atoms. The molecule has 7 N–H and O–H groups in total. The Kier molecular flexibility index (Phi) is 18.2. The van der Waals surface area contributed by atoms with Gasteiger partial charge in [0.1, 0.15) is 53.4 Å². The fourth-order valence-electron chi connectivity index (χ4n) is 16.1. The highest BCUT2D eigenvalue weighted by Crippen LogP contribution is 2.47. The van der Waals surface area contributed by atoms with Crippen LogP contribution in [0.15, 0.2) is 249 Å². The SMILES string of the molecule is Cc1ccc(S(=O)(=O)OCC2CC(n3cc(-c4ccc5ccc(-c6ccccc6)nc5c4)c4c(N)ncnc43)C2)cc1.Nc1ncnc2c1c(-c1ccc3ccc(-c4ccccc4)nc3c1)cn2C1CC(CN2CCC2)C1.Nc1ncnc2c1c(-c1ccc3ccc(-c4ccccc4)nc3c1)cn2C1CC(CO)C1. The lowest BCUT2D eigenvalue weighted by molar-refractivity contribution is 0.0921. The summed E-state index contributed by atoms with van der Waals surface area (Å²) in [5.41, 5.74) is 37.7. The number of likely N-dealkylation sites (tertiary alicyclic amines) is 1. The van der Waals surface area contributed by atoms with E-state index in [1.54, 1.807) is 30.6 Å². The topological polar surface area (TPSA) is 276 Å². The molecule has 9 aromatic heterocycles. The molecular formula is C88H80N16O4S. The minimum atomic E-state index is -3.79. The molecule has 1 saturated heterocycles. The van der Waals surface area contributed by atoms with Gasteiger partial charge in [-0.15, -0.1) is 0 Å². The van der Waals surface area contributed by atoms with Gasteiger partial charge in [0, 0.05) is 99.4 Å². The average molecular weight is 1460 g/mol. The zero-order valence-electron chi connectivity index (χ0n) is 60.2. The van der Waals surface area contributed by atoms with Crippen molar-refractivity contribution in [2.75, 3.05) is 50.0 Å². The third kappa shape index (κ3) is 13.5. The van der Waals surface area contributed by atoms with Crippen LogP contribution < -0.4 is 17.2 Å². The second kappa shape index (κ2) is 28.9. The third-order valence-electron chi connectivity index (χ3n) is 22.4. The van der Waals surface area contributed by atoms with Crippen molar-refractivity contribution in [3.8, 4) is 67.2 Å². The standard InChI is InChI=1S/C33H29N5O3S.C29H28N6.C26H23N5O/c1-21-7-12-27(13-8-21)42(39,40)41-19-22-15-26(16-22)38-18-28(31-32(34)35-20-36-33(31)38)25-10-9-24-11-14-29(37-30(24)17-25)23-5-3-2-4-6-23;30-28-27-24(17-35(29(27)32-18-31-28)23-13-19(14-23)16-34-11-4-12-34)22-8-7-21-9-10-25(33-26(21)15-22)20-5-2-1-3-6-20;27-25-24-21(13-31(26(24)29-15-28-25)20-10-16(11-20)14-32)19-7-6-18-8-9-22(30-23(18)12-19)17-4-2-1-3-5-17/h2-14,17-18,20,22,26H,15-16,19H2,1H3,(H2,34,35,36);1-3,5-10,15,17-19,23H,4,11-14,16H2,(H2,30,31,32);1-9,12-13,15-16,20,32H,10-11,14H2,(H2,27,28,29). The Labute approximate surface area is 630 Å². The fraction of sp³-hybridized carbons (Fsp3) is 0.216. The van der Waals surface area contributed by atoms with Gasteiger partial charge in [0.15, 0.2) is 0 Å². The fourth-order valence-corrected chi connectivity index (χ4v) is 17.1. The summed E-state index contributed by atoms with van der Waals surface area (Å²) in [4.78, 5) is 44.3. The highest BCUT2D eigenvalue weighted by atomic mass is 32.2. The number of aromatic nitrogens is 12. The molecule has 0 radical (unpaired) electrons. The quantitative estimate of drug-likeness (QED) is 0.0654. The van der Waals surface area contributed by atoms with E-state index in [0.29, 0.717) is 35.5 Å². The number of pyridine rings is 3. The number of nitrogen functional groups attached to an aromatic ring is 3. The first-order valence-electron chi connectivity index (χ1n) is 37.3. The van der Waals surface area contributed by atoms with E-state index in [-0.39, 0.29) is 30.1 Å². The van der Waals surface area contributed by atoms with Gasteiger partial charge in [-0.3, -0.25) is 4.18 Å². The molecule has 0 unspecified atom stereocenters. The highest BCUT2D eigenvalue weighted by Gasteiger charge is 2.37. The highest BCUT2D eigenvalue weighted by molar-refractivity contribution is 7.86. The normalized spacial score (nSPS) is 18.3. The zero-order chi connectivity index (χ0) is 73.9. The van der Waals surface area contributed by atoms with E-state index in [4.69, 9.17) is 36.3 Å². The molecule has 10 heterocycles. The van der Waals surface area contributed by atoms with Crippen molar-refractivity contribution in [1.29, 1.82) is 0 Å². The molecule has 1 aliphatic heterocycles. The number of nitrogens with two attached hydrogens (primary N) is 3. The van der Waals surface area contributed by atoms with E-state index in [9.17, 15) is 13.5 Å². The predicted octanol–water partition coefficient (Wildman–Crippen LogP) is 17.0. The molecule has 109 heavy (non-hydrogen) atoms. The van der Waals surface area contributed by atoms with Crippen molar-refractivity contribution in [2.24, 2.45) is 17.8 Å².